The summed E-state index contributed by atoms with van der Waals surface area (Å²) in [6.07, 6.45) is 11.2. The molecule has 3 fully saturated rings. The first kappa shape index (κ1) is 33.7. The number of aryl methyl sites for hydroxylation is 1. The number of piperidine rings is 1. The number of carbonyl (C=O) groups excluding carboxylic acids is 2. The van der Waals surface area contributed by atoms with Crippen molar-refractivity contribution in [2.45, 2.75) is 77.7 Å². The van der Waals surface area contributed by atoms with E-state index in [0.29, 0.717) is 44.6 Å². The van der Waals surface area contributed by atoms with Crippen LogP contribution in [-0.2, 0) is 20.8 Å². The van der Waals surface area contributed by atoms with Gasteiger partial charge in [-0.05, 0) is 94.4 Å². The van der Waals surface area contributed by atoms with Gasteiger partial charge in [0, 0.05) is 50.7 Å². The molecule has 0 N–H and O–H groups in total. The summed E-state index contributed by atoms with van der Waals surface area (Å²) in [5.74, 6) is 2.68. The van der Waals surface area contributed by atoms with Crippen molar-refractivity contribution < 1.29 is 23.9 Å². The van der Waals surface area contributed by atoms with Crippen molar-refractivity contribution >= 4 is 23.7 Å². The first-order valence-electron chi connectivity index (χ1n) is 17.4. The Kier molecular flexibility index (Phi) is 9.94. The second-order valence-corrected chi connectivity index (χ2v) is 14.8. The molecule has 3 aliphatic heterocycles. The number of anilines is 1. The highest BCUT2D eigenvalue weighted by atomic mass is 16.6. The van der Waals surface area contributed by atoms with Crippen molar-refractivity contribution in [1.82, 2.24) is 19.8 Å². The van der Waals surface area contributed by atoms with Gasteiger partial charge in [0.05, 0.1) is 24.3 Å². The van der Waals surface area contributed by atoms with Gasteiger partial charge in [-0.3, -0.25) is 4.79 Å². The fourth-order valence-electron chi connectivity index (χ4n) is 7.24. The van der Waals surface area contributed by atoms with E-state index >= 15 is 0 Å². The summed E-state index contributed by atoms with van der Waals surface area (Å²) in [6, 6.07) is 8.51. The average Bonchev–Trinajstić information content (AvgIpc) is 3.46. The van der Waals surface area contributed by atoms with Gasteiger partial charge in [-0.25, -0.2) is 14.8 Å². The third kappa shape index (κ3) is 7.60. The molecule has 0 bridgehead atoms. The lowest BCUT2D eigenvalue weighted by Crippen LogP contribution is -2.63. The normalized spacial score (nSPS) is 22.0. The van der Waals surface area contributed by atoms with E-state index in [0.717, 1.165) is 80.2 Å². The SMILES string of the molecule is CCc1cnc(N2CCC(COc3ccc(C4CC=C(C(=O)N5C/C(=N\OC)C6(CN(C(=O)OC(C)(C)C)C6)C5)CC4)cc3)CC2)nc1. The van der Waals surface area contributed by atoms with Crippen LogP contribution in [0, 0.1) is 11.3 Å². The molecular formula is C37H50N6O5. The summed E-state index contributed by atoms with van der Waals surface area (Å²) in [7, 11) is 1.52. The third-order valence-electron chi connectivity index (χ3n) is 10.1. The number of hydrogen-bond acceptors (Lipinski definition) is 9. The van der Waals surface area contributed by atoms with Crippen LogP contribution in [-0.4, -0.2) is 96.1 Å². The maximum Gasteiger partial charge on any atom is 0.410 e. The molecule has 11 heteroatoms. The van der Waals surface area contributed by atoms with Crippen molar-refractivity contribution in [3.05, 3.63) is 59.4 Å². The number of rotatable bonds is 8. The van der Waals surface area contributed by atoms with Crippen molar-refractivity contribution in [2.75, 3.05) is 57.9 Å². The van der Waals surface area contributed by atoms with E-state index in [1.54, 1.807) is 4.90 Å². The zero-order valence-corrected chi connectivity index (χ0v) is 29.1. The van der Waals surface area contributed by atoms with Gasteiger partial charge in [0.15, 0.2) is 0 Å². The van der Waals surface area contributed by atoms with Crippen molar-refractivity contribution in [1.29, 1.82) is 0 Å². The van der Waals surface area contributed by atoms with E-state index < -0.39 is 5.60 Å². The quantitative estimate of drug-likeness (QED) is 0.337. The number of carbonyl (C=O) groups is 2. The number of aromatic nitrogens is 2. The van der Waals surface area contributed by atoms with Crippen LogP contribution in [0.2, 0.25) is 0 Å². The topological polar surface area (TPSA) is 110 Å². The van der Waals surface area contributed by atoms with Gasteiger partial charge in [-0.15, -0.1) is 0 Å². The number of oxime groups is 1. The minimum Gasteiger partial charge on any atom is -0.493 e. The summed E-state index contributed by atoms with van der Waals surface area (Å²) in [4.78, 5) is 46.2. The van der Waals surface area contributed by atoms with Crippen LogP contribution in [0.25, 0.3) is 0 Å². The fourth-order valence-corrected chi connectivity index (χ4v) is 7.24. The molecule has 1 unspecified atom stereocenters. The lowest BCUT2D eigenvalue weighted by molar-refractivity contribution is -0.127. The second kappa shape index (κ2) is 14.1. The first-order valence-corrected chi connectivity index (χ1v) is 17.4. The predicted octanol–water partition coefficient (Wildman–Crippen LogP) is 5.61. The van der Waals surface area contributed by atoms with Gasteiger partial charge in [0.1, 0.15) is 18.5 Å². The van der Waals surface area contributed by atoms with Crippen LogP contribution < -0.4 is 9.64 Å². The molecule has 4 heterocycles. The number of benzene rings is 1. The monoisotopic (exact) mass is 658 g/mol. The van der Waals surface area contributed by atoms with Gasteiger partial charge >= 0.3 is 6.09 Å². The van der Waals surface area contributed by atoms with Crippen LogP contribution in [0.3, 0.4) is 0 Å². The number of allylic oxidation sites excluding steroid dienone is 1. The average molecular weight is 659 g/mol. The molecule has 1 atom stereocenters. The van der Waals surface area contributed by atoms with Gasteiger partial charge in [0.2, 0.25) is 11.9 Å². The molecule has 1 aromatic heterocycles. The Balaban J connectivity index is 0.961. The van der Waals surface area contributed by atoms with Gasteiger partial charge in [0.25, 0.3) is 0 Å². The zero-order valence-electron chi connectivity index (χ0n) is 29.1. The summed E-state index contributed by atoms with van der Waals surface area (Å²) in [6.45, 7) is 12.2. The Labute approximate surface area is 284 Å². The summed E-state index contributed by atoms with van der Waals surface area (Å²) < 4.78 is 11.7. The molecule has 6 rings (SSSR count). The molecule has 11 nitrogen and oxygen atoms in total. The lowest BCUT2D eigenvalue weighted by Gasteiger charge is -2.47. The van der Waals surface area contributed by atoms with Crippen LogP contribution in [0.1, 0.15) is 76.8 Å². The Bertz CT molecular complexity index is 1500. The molecule has 0 radical (unpaired) electrons. The number of ether oxygens (including phenoxy) is 2. The fraction of sp³-hybridized carbons (Fsp3) is 0.595. The third-order valence-corrected chi connectivity index (χ3v) is 10.1. The van der Waals surface area contributed by atoms with Crippen molar-refractivity contribution in [2.24, 2.45) is 16.5 Å². The maximum absolute atomic E-state index is 13.6. The Morgan fingerprint density at radius 2 is 1.69 bits per heavy atom. The Morgan fingerprint density at radius 1 is 1.00 bits per heavy atom. The largest absolute Gasteiger partial charge is 0.493 e. The van der Waals surface area contributed by atoms with Gasteiger partial charge in [-0.1, -0.05) is 30.3 Å². The molecule has 3 saturated heterocycles. The number of nitrogens with zero attached hydrogens (tertiary/aromatic N) is 6. The molecule has 2 amide bonds. The standard InChI is InChI=1S/C37H50N6O5/c1-6-26-19-38-34(39-20-26)41-17-15-27(16-18-41)22-47-31-13-11-29(12-14-31)28-7-9-30(10-8-28)33(44)42-21-32(40-46-5)37(23-42)24-43(25-37)35(45)48-36(2,3)4/h9,11-14,19-20,27-28H,6-8,10,15-18,21-25H2,1-5H3/b40-32+. The molecule has 0 saturated carbocycles. The zero-order chi connectivity index (χ0) is 33.9. The van der Waals surface area contributed by atoms with E-state index in [-0.39, 0.29) is 17.4 Å². The Hall–Kier alpha value is -4.15. The van der Waals surface area contributed by atoms with Gasteiger partial charge in [-0.2, -0.15) is 0 Å². The summed E-state index contributed by atoms with van der Waals surface area (Å²) in [5, 5.41) is 4.27. The van der Waals surface area contributed by atoms with E-state index in [4.69, 9.17) is 14.3 Å². The second-order valence-electron chi connectivity index (χ2n) is 14.8. The summed E-state index contributed by atoms with van der Waals surface area (Å²) >= 11 is 0. The molecular weight excluding hydrogens is 608 g/mol. The van der Waals surface area contributed by atoms with Crippen LogP contribution >= 0.6 is 0 Å². The number of hydrogen-bond donors (Lipinski definition) is 0. The molecule has 2 aromatic rings. The highest BCUT2D eigenvalue weighted by Gasteiger charge is 2.56. The van der Waals surface area contributed by atoms with E-state index in [1.807, 2.05) is 38.1 Å². The molecule has 1 aromatic carbocycles. The first-order chi connectivity index (χ1) is 23.1. The molecule has 48 heavy (non-hydrogen) atoms. The maximum atomic E-state index is 13.6. The van der Waals surface area contributed by atoms with Crippen LogP contribution in [0.4, 0.5) is 10.7 Å². The minimum absolute atomic E-state index is 0.0568. The van der Waals surface area contributed by atoms with E-state index in [2.05, 4.69) is 57.3 Å². The van der Waals surface area contributed by atoms with Crippen molar-refractivity contribution in [3.8, 4) is 5.75 Å². The molecule has 258 valence electrons. The molecule has 1 spiro atoms. The van der Waals surface area contributed by atoms with E-state index in [1.165, 1.54) is 12.7 Å². The van der Waals surface area contributed by atoms with Crippen LogP contribution in [0.5, 0.6) is 5.75 Å². The smallest absolute Gasteiger partial charge is 0.410 e. The van der Waals surface area contributed by atoms with E-state index in [9.17, 15) is 9.59 Å². The van der Waals surface area contributed by atoms with Crippen LogP contribution in [0.15, 0.2) is 53.5 Å². The number of amides is 2. The van der Waals surface area contributed by atoms with Gasteiger partial charge < -0.3 is 29.0 Å². The highest BCUT2D eigenvalue weighted by molar-refractivity contribution is 6.03. The predicted molar refractivity (Wildman–Crippen MR) is 184 cm³/mol. The number of likely N-dealkylation sites (tertiary alicyclic amines) is 2. The molecule has 4 aliphatic rings. The summed E-state index contributed by atoms with van der Waals surface area (Å²) in [5.41, 5.74) is 3.18. The molecule has 1 aliphatic carbocycles. The highest BCUT2D eigenvalue weighted by Crippen LogP contribution is 2.40. The Morgan fingerprint density at radius 3 is 2.29 bits per heavy atom. The minimum atomic E-state index is -0.556. The lowest BCUT2D eigenvalue weighted by atomic mass is 9.78. The van der Waals surface area contributed by atoms with Crippen molar-refractivity contribution in [3.63, 3.8) is 0 Å².